The first-order chi connectivity index (χ1) is 9.61. The second kappa shape index (κ2) is 6.95. The van der Waals surface area contributed by atoms with Crippen LogP contribution in [0.2, 0.25) is 0 Å². The van der Waals surface area contributed by atoms with Crippen molar-refractivity contribution in [1.29, 1.82) is 0 Å². The highest BCUT2D eigenvalue weighted by Gasteiger charge is 2.14. The lowest BCUT2D eigenvalue weighted by Crippen LogP contribution is -2.09. The van der Waals surface area contributed by atoms with E-state index >= 15 is 0 Å². The van der Waals surface area contributed by atoms with Crippen LogP contribution < -0.4 is 5.32 Å². The fourth-order valence-electron chi connectivity index (χ4n) is 2.11. The van der Waals surface area contributed by atoms with Crippen molar-refractivity contribution >= 4 is 28.8 Å². The van der Waals surface area contributed by atoms with Gasteiger partial charge in [0.05, 0.1) is 16.7 Å². The van der Waals surface area contributed by atoms with Crippen LogP contribution in [-0.4, -0.2) is 10.7 Å². The van der Waals surface area contributed by atoms with Gasteiger partial charge in [0.15, 0.2) is 0 Å². The fraction of sp³-hybridized carbons (Fsp3) is 0.312. The van der Waals surface area contributed by atoms with Crippen molar-refractivity contribution in [1.82, 2.24) is 4.98 Å². The minimum absolute atomic E-state index is 0.213. The molecular formula is C16H20N2S2. The molecule has 2 aromatic rings. The van der Waals surface area contributed by atoms with Gasteiger partial charge in [-0.1, -0.05) is 18.2 Å². The SMILES string of the molecule is C=CCSc1ccccc1NC(C)c1nc(C)sc1C. The van der Waals surface area contributed by atoms with Crippen LogP contribution in [0.25, 0.3) is 0 Å². The van der Waals surface area contributed by atoms with Gasteiger partial charge in [0.25, 0.3) is 0 Å². The van der Waals surface area contributed by atoms with Gasteiger partial charge in [-0.05, 0) is 32.9 Å². The topological polar surface area (TPSA) is 24.9 Å². The molecule has 0 amide bonds. The highest BCUT2D eigenvalue weighted by atomic mass is 32.2. The first-order valence-corrected chi connectivity index (χ1v) is 8.45. The molecule has 0 aliphatic carbocycles. The molecule has 20 heavy (non-hydrogen) atoms. The second-order valence-electron chi connectivity index (χ2n) is 4.64. The lowest BCUT2D eigenvalue weighted by atomic mass is 10.2. The van der Waals surface area contributed by atoms with E-state index < -0.39 is 0 Å². The van der Waals surface area contributed by atoms with Crippen LogP contribution in [0, 0.1) is 13.8 Å². The van der Waals surface area contributed by atoms with Crippen LogP contribution in [0.15, 0.2) is 41.8 Å². The van der Waals surface area contributed by atoms with Gasteiger partial charge in [-0.2, -0.15) is 0 Å². The molecule has 2 nitrogen and oxygen atoms in total. The Balaban J connectivity index is 2.17. The summed E-state index contributed by atoms with van der Waals surface area (Å²) in [6.45, 7) is 10.1. The Bertz CT molecular complexity index is 590. The normalized spacial score (nSPS) is 12.2. The Labute approximate surface area is 129 Å². The highest BCUT2D eigenvalue weighted by molar-refractivity contribution is 7.99. The number of benzene rings is 1. The number of anilines is 1. The molecular weight excluding hydrogens is 284 g/mol. The molecule has 1 heterocycles. The van der Waals surface area contributed by atoms with Crippen molar-refractivity contribution in [3.8, 4) is 0 Å². The summed E-state index contributed by atoms with van der Waals surface area (Å²) in [5, 5.41) is 4.70. The van der Waals surface area contributed by atoms with E-state index in [-0.39, 0.29) is 6.04 Å². The van der Waals surface area contributed by atoms with Crippen molar-refractivity contribution < 1.29 is 0 Å². The number of rotatable bonds is 6. The smallest absolute Gasteiger partial charge is 0.0901 e. The summed E-state index contributed by atoms with van der Waals surface area (Å²) >= 11 is 3.55. The third-order valence-corrected chi connectivity index (χ3v) is 4.94. The largest absolute Gasteiger partial charge is 0.376 e. The molecule has 1 unspecified atom stereocenters. The quantitative estimate of drug-likeness (QED) is 0.585. The van der Waals surface area contributed by atoms with Crippen molar-refractivity contribution in [2.24, 2.45) is 0 Å². The van der Waals surface area contributed by atoms with E-state index in [1.165, 1.54) is 9.77 Å². The van der Waals surface area contributed by atoms with E-state index in [0.29, 0.717) is 0 Å². The number of nitrogens with one attached hydrogen (secondary N) is 1. The van der Waals surface area contributed by atoms with Gasteiger partial charge in [0.1, 0.15) is 0 Å². The average molecular weight is 304 g/mol. The summed E-state index contributed by atoms with van der Waals surface area (Å²) in [6.07, 6.45) is 1.93. The van der Waals surface area contributed by atoms with E-state index in [0.717, 1.165) is 22.1 Å². The van der Waals surface area contributed by atoms with E-state index in [2.05, 4.69) is 61.9 Å². The Morgan fingerprint density at radius 2 is 2.15 bits per heavy atom. The van der Waals surface area contributed by atoms with Crippen LogP contribution in [0.1, 0.15) is 28.5 Å². The van der Waals surface area contributed by atoms with E-state index in [1.807, 2.05) is 6.08 Å². The van der Waals surface area contributed by atoms with Crippen molar-refractivity contribution in [2.45, 2.75) is 31.7 Å². The number of hydrogen-bond donors (Lipinski definition) is 1. The van der Waals surface area contributed by atoms with E-state index in [9.17, 15) is 0 Å². The maximum absolute atomic E-state index is 4.63. The summed E-state index contributed by atoms with van der Waals surface area (Å²) in [6, 6.07) is 8.61. The minimum atomic E-state index is 0.213. The van der Waals surface area contributed by atoms with Gasteiger partial charge in [-0.3, -0.25) is 0 Å². The molecule has 1 atom stereocenters. The predicted molar refractivity (Wildman–Crippen MR) is 91.0 cm³/mol. The molecule has 1 aromatic carbocycles. The van der Waals surface area contributed by atoms with Gasteiger partial charge in [0.2, 0.25) is 0 Å². The zero-order valence-corrected chi connectivity index (χ0v) is 13.8. The van der Waals surface area contributed by atoms with Crippen molar-refractivity contribution in [3.05, 3.63) is 52.5 Å². The number of thioether (sulfide) groups is 1. The molecule has 1 aromatic heterocycles. The molecule has 2 rings (SSSR count). The minimum Gasteiger partial charge on any atom is -0.376 e. The maximum Gasteiger partial charge on any atom is 0.0901 e. The maximum atomic E-state index is 4.63. The van der Waals surface area contributed by atoms with Crippen LogP contribution in [0.3, 0.4) is 0 Å². The number of aryl methyl sites for hydroxylation is 2. The van der Waals surface area contributed by atoms with Crippen molar-refractivity contribution in [2.75, 3.05) is 11.1 Å². The first-order valence-electron chi connectivity index (χ1n) is 6.65. The summed E-state index contributed by atoms with van der Waals surface area (Å²) < 4.78 is 0. The number of thiazole rings is 1. The lowest BCUT2D eigenvalue weighted by molar-refractivity contribution is 0.833. The average Bonchev–Trinajstić information content (AvgIpc) is 2.77. The lowest BCUT2D eigenvalue weighted by Gasteiger charge is -2.17. The third kappa shape index (κ3) is 3.64. The van der Waals surface area contributed by atoms with Crippen LogP contribution in [0.5, 0.6) is 0 Å². The molecule has 0 spiro atoms. The van der Waals surface area contributed by atoms with Gasteiger partial charge in [-0.15, -0.1) is 29.7 Å². The first kappa shape index (κ1) is 15.1. The molecule has 4 heteroatoms. The molecule has 0 saturated heterocycles. The Morgan fingerprint density at radius 1 is 1.40 bits per heavy atom. The summed E-state index contributed by atoms with van der Waals surface area (Å²) in [7, 11) is 0. The zero-order valence-electron chi connectivity index (χ0n) is 12.1. The zero-order chi connectivity index (χ0) is 14.5. The van der Waals surface area contributed by atoms with Crippen molar-refractivity contribution in [3.63, 3.8) is 0 Å². The monoisotopic (exact) mass is 304 g/mol. The van der Waals surface area contributed by atoms with E-state index in [1.54, 1.807) is 23.1 Å². The fourth-order valence-corrected chi connectivity index (χ4v) is 3.78. The molecule has 0 fully saturated rings. The van der Waals surface area contributed by atoms with Crippen LogP contribution in [-0.2, 0) is 0 Å². The molecule has 0 aliphatic rings. The van der Waals surface area contributed by atoms with E-state index in [4.69, 9.17) is 0 Å². The molecule has 0 aliphatic heterocycles. The Hall–Kier alpha value is -1.26. The molecule has 0 saturated carbocycles. The van der Waals surface area contributed by atoms with Crippen LogP contribution >= 0.6 is 23.1 Å². The number of nitrogens with zero attached hydrogens (tertiary/aromatic N) is 1. The third-order valence-electron chi connectivity index (χ3n) is 2.97. The Morgan fingerprint density at radius 3 is 2.80 bits per heavy atom. The van der Waals surface area contributed by atoms with Gasteiger partial charge in [0, 0.05) is 21.2 Å². The second-order valence-corrected chi connectivity index (χ2v) is 7.11. The molecule has 0 bridgehead atoms. The highest BCUT2D eigenvalue weighted by Crippen LogP contribution is 2.31. The predicted octanol–water partition coefficient (Wildman–Crippen LogP) is 5.21. The molecule has 0 radical (unpaired) electrons. The summed E-state index contributed by atoms with van der Waals surface area (Å²) in [4.78, 5) is 7.18. The number of hydrogen-bond acceptors (Lipinski definition) is 4. The van der Waals surface area contributed by atoms with Gasteiger partial charge in [-0.25, -0.2) is 4.98 Å². The number of aromatic nitrogens is 1. The Kier molecular flexibility index (Phi) is 5.26. The summed E-state index contributed by atoms with van der Waals surface area (Å²) in [5.74, 6) is 0.919. The standard InChI is InChI=1S/C16H20N2S2/c1-5-10-19-15-9-7-6-8-14(15)17-11(2)16-12(3)20-13(4)18-16/h5-9,11,17H,1,10H2,2-4H3. The van der Waals surface area contributed by atoms with Gasteiger partial charge < -0.3 is 5.32 Å². The summed E-state index contributed by atoms with van der Waals surface area (Å²) in [5.41, 5.74) is 2.31. The van der Waals surface area contributed by atoms with Crippen LogP contribution in [0.4, 0.5) is 5.69 Å². The molecule has 1 N–H and O–H groups in total. The molecule has 106 valence electrons. The van der Waals surface area contributed by atoms with Gasteiger partial charge >= 0.3 is 0 Å². The number of para-hydroxylation sites is 1.